The second kappa shape index (κ2) is 10.4. The van der Waals surface area contributed by atoms with Gasteiger partial charge in [0.2, 0.25) is 0 Å². The lowest BCUT2D eigenvalue weighted by molar-refractivity contribution is -0.00833. The normalized spacial score (nSPS) is 17.8. The Labute approximate surface area is 166 Å². The van der Waals surface area contributed by atoms with Crippen molar-refractivity contribution < 1.29 is 4.74 Å². The van der Waals surface area contributed by atoms with Gasteiger partial charge in [0.05, 0.1) is 13.2 Å². The third-order valence-electron chi connectivity index (χ3n) is 4.74. The van der Waals surface area contributed by atoms with E-state index in [9.17, 15) is 0 Å². The number of benzene rings is 1. The van der Waals surface area contributed by atoms with E-state index in [2.05, 4.69) is 46.7 Å². The van der Waals surface area contributed by atoms with E-state index in [4.69, 9.17) is 16.3 Å². The number of hydrogen-bond acceptors (Lipinski definition) is 4. The smallest absolute Gasteiger partial charge is 0.191 e. The van der Waals surface area contributed by atoms with E-state index in [1.165, 1.54) is 5.56 Å². The zero-order valence-electron chi connectivity index (χ0n) is 16.2. The van der Waals surface area contributed by atoms with Gasteiger partial charge in [-0.3, -0.25) is 9.89 Å². The number of hydrogen-bond donors (Lipinski definition) is 2. The Morgan fingerprint density at radius 3 is 2.69 bits per heavy atom. The van der Waals surface area contributed by atoms with E-state index in [1.807, 2.05) is 25.2 Å². The molecule has 5 nitrogen and oxygen atoms in total. The van der Waals surface area contributed by atoms with E-state index in [0.717, 1.165) is 50.4 Å². The molecule has 1 aliphatic rings. The molecule has 26 heavy (non-hydrogen) atoms. The largest absolute Gasteiger partial charge is 0.379 e. The molecule has 0 aliphatic carbocycles. The van der Waals surface area contributed by atoms with Crippen molar-refractivity contribution in [2.24, 2.45) is 4.99 Å². The van der Waals surface area contributed by atoms with Gasteiger partial charge in [0, 0.05) is 49.0 Å². The lowest BCUT2D eigenvalue weighted by Gasteiger charge is -2.41. The summed E-state index contributed by atoms with van der Waals surface area (Å²) in [6.07, 6.45) is 2.12. The van der Waals surface area contributed by atoms with Crippen molar-refractivity contribution in [1.82, 2.24) is 15.5 Å². The first-order chi connectivity index (χ1) is 12.5. The van der Waals surface area contributed by atoms with Crippen LogP contribution >= 0.6 is 23.4 Å². The maximum Gasteiger partial charge on any atom is 0.191 e. The summed E-state index contributed by atoms with van der Waals surface area (Å²) in [6.45, 7) is 9.71. The van der Waals surface area contributed by atoms with Crippen LogP contribution in [0.4, 0.5) is 0 Å². The molecule has 1 heterocycles. The number of guanidine groups is 1. The fourth-order valence-corrected chi connectivity index (χ4v) is 3.90. The molecule has 1 unspecified atom stereocenters. The van der Waals surface area contributed by atoms with Crippen LogP contribution in [0.2, 0.25) is 5.02 Å². The fraction of sp³-hybridized carbons (Fsp3) is 0.632. The van der Waals surface area contributed by atoms with Crippen LogP contribution in [0.3, 0.4) is 0 Å². The van der Waals surface area contributed by atoms with Crippen LogP contribution < -0.4 is 10.6 Å². The lowest BCUT2D eigenvalue weighted by atomic mass is 10.0. The molecule has 1 atom stereocenters. The van der Waals surface area contributed by atoms with Gasteiger partial charge >= 0.3 is 0 Å². The Kier molecular flexibility index (Phi) is 8.54. The summed E-state index contributed by atoms with van der Waals surface area (Å²) in [5.41, 5.74) is 1.27. The number of ether oxygens (including phenoxy) is 1. The van der Waals surface area contributed by atoms with E-state index in [0.29, 0.717) is 5.25 Å². The Morgan fingerprint density at radius 2 is 2.08 bits per heavy atom. The monoisotopic (exact) mass is 398 g/mol. The first kappa shape index (κ1) is 21.4. The third-order valence-corrected chi connectivity index (χ3v) is 5.98. The molecule has 1 aromatic carbocycles. The minimum absolute atomic E-state index is 0.0489. The standard InChI is InChI=1S/C19H31ClN4OS/c1-19(2,24-8-10-25-11-9-24)14-23-18(21-3)22-13-17(26-4)15-6-5-7-16(20)12-15/h5-7,12,17H,8-11,13-14H2,1-4H3,(H2,21,22,23). The van der Waals surface area contributed by atoms with Gasteiger partial charge in [-0.25, -0.2) is 0 Å². The van der Waals surface area contributed by atoms with Crippen molar-refractivity contribution >= 4 is 29.3 Å². The molecule has 1 aliphatic heterocycles. The van der Waals surface area contributed by atoms with Crippen LogP contribution in [0.5, 0.6) is 0 Å². The van der Waals surface area contributed by atoms with Gasteiger partial charge in [-0.2, -0.15) is 11.8 Å². The Balaban J connectivity index is 1.86. The molecule has 0 aromatic heterocycles. The molecule has 0 radical (unpaired) electrons. The summed E-state index contributed by atoms with van der Waals surface area (Å²) in [6, 6.07) is 8.05. The van der Waals surface area contributed by atoms with Crippen molar-refractivity contribution in [3.05, 3.63) is 34.9 Å². The maximum atomic E-state index is 6.13. The molecule has 1 fully saturated rings. The zero-order chi connectivity index (χ0) is 19.0. The van der Waals surface area contributed by atoms with E-state index in [1.54, 1.807) is 11.8 Å². The van der Waals surface area contributed by atoms with Crippen LogP contribution in [0.15, 0.2) is 29.3 Å². The average Bonchev–Trinajstić information content (AvgIpc) is 2.65. The van der Waals surface area contributed by atoms with Gasteiger partial charge in [0.25, 0.3) is 0 Å². The number of nitrogens with zero attached hydrogens (tertiary/aromatic N) is 2. The average molecular weight is 399 g/mol. The third kappa shape index (κ3) is 6.34. The predicted molar refractivity (Wildman–Crippen MR) is 114 cm³/mol. The van der Waals surface area contributed by atoms with Gasteiger partial charge in [-0.05, 0) is 37.8 Å². The summed E-state index contributed by atoms with van der Waals surface area (Å²) in [4.78, 5) is 6.84. The Morgan fingerprint density at radius 1 is 1.35 bits per heavy atom. The van der Waals surface area contributed by atoms with Gasteiger partial charge in [-0.15, -0.1) is 0 Å². The van der Waals surface area contributed by atoms with Crippen LogP contribution in [-0.2, 0) is 4.74 Å². The topological polar surface area (TPSA) is 48.9 Å². The molecular formula is C19H31ClN4OS. The second-order valence-corrected chi connectivity index (χ2v) is 8.47. The van der Waals surface area contributed by atoms with Crippen molar-refractivity contribution in [1.29, 1.82) is 0 Å². The Bertz CT molecular complexity index is 591. The van der Waals surface area contributed by atoms with Crippen LogP contribution in [-0.4, -0.2) is 69.1 Å². The number of morpholine rings is 1. The minimum atomic E-state index is 0.0489. The van der Waals surface area contributed by atoms with Crippen molar-refractivity contribution in [3.8, 4) is 0 Å². The molecule has 1 aromatic rings. The number of halogens is 1. The second-order valence-electron chi connectivity index (χ2n) is 7.00. The van der Waals surface area contributed by atoms with Crippen LogP contribution in [0, 0.1) is 0 Å². The molecule has 1 saturated heterocycles. The van der Waals surface area contributed by atoms with Crippen LogP contribution in [0.1, 0.15) is 24.7 Å². The quantitative estimate of drug-likeness (QED) is 0.546. The first-order valence-corrected chi connectivity index (χ1v) is 10.7. The number of aliphatic imine (C=N–C) groups is 1. The van der Waals surface area contributed by atoms with Crippen molar-refractivity contribution in [2.75, 3.05) is 52.7 Å². The first-order valence-electron chi connectivity index (χ1n) is 9.02. The van der Waals surface area contributed by atoms with Crippen molar-refractivity contribution in [3.63, 3.8) is 0 Å². The van der Waals surface area contributed by atoms with Crippen molar-refractivity contribution in [2.45, 2.75) is 24.6 Å². The summed E-state index contributed by atoms with van der Waals surface area (Å²) in [5, 5.41) is 8.01. The fourth-order valence-electron chi connectivity index (χ4n) is 3.03. The molecule has 0 bridgehead atoms. The molecule has 0 saturated carbocycles. The molecule has 146 valence electrons. The number of nitrogens with one attached hydrogen (secondary N) is 2. The molecule has 0 amide bonds. The highest BCUT2D eigenvalue weighted by molar-refractivity contribution is 7.98. The summed E-state index contributed by atoms with van der Waals surface area (Å²) in [7, 11) is 1.81. The number of rotatable bonds is 7. The minimum Gasteiger partial charge on any atom is -0.379 e. The predicted octanol–water partition coefficient (Wildman–Crippen LogP) is 3.02. The highest BCUT2D eigenvalue weighted by Gasteiger charge is 2.28. The van der Waals surface area contributed by atoms with Gasteiger partial charge in [-0.1, -0.05) is 23.7 Å². The van der Waals surface area contributed by atoms with E-state index in [-0.39, 0.29) is 5.54 Å². The number of thioether (sulfide) groups is 1. The SMILES string of the molecule is CN=C(NCC(SC)c1cccc(Cl)c1)NCC(C)(C)N1CCOCC1. The molecule has 2 N–H and O–H groups in total. The van der Waals surface area contributed by atoms with Gasteiger partial charge < -0.3 is 15.4 Å². The van der Waals surface area contributed by atoms with E-state index < -0.39 is 0 Å². The molecule has 7 heteroatoms. The Hall–Kier alpha value is -0.950. The molecule has 0 spiro atoms. The summed E-state index contributed by atoms with van der Waals surface area (Å²) in [5.74, 6) is 0.826. The summed E-state index contributed by atoms with van der Waals surface area (Å²) >= 11 is 7.93. The molecule has 2 rings (SSSR count). The van der Waals surface area contributed by atoms with Crippen LogP contribution in [0.25, 0.3) is 0 Å². The molecular weight excluding hydrogens is 368 g/mol. The maximum absolute atomic E-state index is 6.13. The zero-order valence-corrected chi connectivity index (χ0v) is 17.8. The lowest BCUT2D eigenvalue weighted by Crippen LogP contribution is -2.56. The van der Waals surface area contributed by atoms with E-state index >= 15 is 0 Å². The van der Waals surface area contributed by atoms with Gasteiger partial charge in [0.1, 0.15) is 0 Å². The highest BCUT2D eigenvalue weighted by Crippen LogP contribution is 2.27. The summed E-state index contributed by atoms with van der Waals surface area (Å²) < 4.78 is 5.46. The highest BCUT2D eigenvalue weighted by atomic mass is 35.5. The van der Waals surface area contributed by atoms with Gasteiger partial charge in [0.15, 0.2) is 5.96 Å².